The minimum Gasteiger partial charge on any atom is -0.478 e. The van der Waals surface area contributed by atoms with Crippen LogP contribution in [0.1, 0.15) is 34.6 Å². The Labute approximate surface area is 188 Å². The molecule has 0 aliphatic carbocycles. The van der Waals surface area contributed by atoms with Crippen LogP contribution < -0.4 is 0 Å². The molecule has 0 spiro atoms. The maximum Gasteiger partial charge on any atom is 0.401 e. The summed E-state index contributed by atoms with van der Waals surface area (Å²) in [6.45, 7) is 4.39. The van der Waals surface area contributed by atoms with Gasteiger partial charge in [0.2, 0.25) is 0 Å². The van der Waals surface area contributed by atoms with Crippen molar-refractivity contribution < 1.29 is 27.5 Å². The molecule has 0 saturated carbocycles. The maximum atomic E-state index is 13.5. The molecule has 5 nitrogen and oxygen atoms in total. The third-order valence-corrected chi connectivity index (χ3v) is 6.27. The fourth-order valence-electron chi connectivity index (χ4n) is 4.61. The molecule has 1 aliphatic rings. The van der Waals surface area contributed by atoms with Crippen LogP contribution in [0.3, 0.4) is 0 Å². The molecule has 9 heteroatoms. The number of aryl methyl sites for hydroxylation is 1. The predicted molar refractivity (Wildman–Crippen MR) is 117 cm³/mol. The molecular formula is C24H25F4N3O2. The largest absolute Gasteiger partial charge is 0.478 e. The number of hydrogen-bond acceptors (Lipinski definition) is 3. The number of aromatic carboxylic acids is 1. The molecule has 4 rings (SSSR count). The first-order chi connectivity index (χ1) is 15.5. The second-order valence-electron chi connectivity index (χ2n) is 8.53. The highest BCUT2D eigenvalue weighted by molar-refractivity contribution is 5.93. The molecule has 0 bridgehead atoms. The summed E-state index contributed by atoms with van der Waals surface area (Å²) >= 11 is 0. The van der Waals surface area contributed by atoms with Gasteiger partial charge in [-0.05, 0) is 49.2 Å². The van der Waals surface area contributed by atoms with Gasteiger partial charge in [0.1, 0.15) is 5.82 Å². The van der Waals surface area contributed by atoms with Gasteiger partial charge in [-0.25, -0.2) is 9.18 Å². The van der Waals surface area contributed by atoms with Gasteiger partial charge in [0.25, 0.3) is 0 Å². The quantitative estimate of drug-likeness (QED) is 0.542. The van der Waals surface area contributed by atoms with Gasteiger partial charge in [0.15, 0.2) is 0 Å². The Morgan fingerprint density at radius 1 is 1.09 bits per heavy atom. The number of carbonyl (C=O) groups is 1. The van der Waals surface area contributed by atoms with E-state index in [1.54, 1.807) is 24.3 Å². The number of carboxylic acid groups (broad SMARTS) is 1. The van der Waals surface area contributed by atoms with Gasteiger partial charge in [0, 0.05) is 49.7 Å². The molecule has 1 aromatic carbocycles. The molecule has 1 aliphatic heterocycles. The minimum atomic E-state index is -4.23. The van der Waals surface area contributed by atoms with Crippen LogP contribution in [0.5, 0.6) is 0 Å². The first kappa shape index (κ1) is 23.3. The fourth-order valence-corrected chi connectivity index (χ4v) is 4.61. The summed E-state index contributed by atoms with van der Waals surface area (Å²) in [6, 6.07) is 9.06. The van der Waals surface area contributed by atoms with Crippen LogP contribution in [-0.2, 0) is 0 Å². The van der Waals surface area contributed by atoms with E-state index >= 15 is 0 Å². The van der Waals surface area contributed by atoms with E-state index in [0.717, 1.165) is 22.4 Å². The summed E-state index contributed by atoms with van der Waals surface area (Å²) in [4.78, 5) is 15.3. The lowest BCUT2D eigenvalue weighted by atomic mass is 10.0. The number of fused-ring (bicyclic) bond motifs is 1. The number of halogens is 4. The van der Waals surface area contributed by atoms with Crippen LogP contribution in [0.4, 0.5) is 17.6 Å². The van der Waals surface area contributed by atoms with E-state index in [2.05, 4.69) is 4.90 Å². The van der Waals surface area contributed by atoms with Gasteiger partial charge < -0.3 is 9.51 Å². The molecule has 1 fully saturated rings. The maximum absolute atomic E-state index is 13.5. The average molecular weight is 463 g/mol. The molecule has 3 aromatic rings. The molecule has 1 unspecified atom stereocenters. The predicted octanol–water partition coefficient (Wildman–Crippen LogP) is 4.99. The smallest absolute Gasteiger partial charge is 0.401 e. The summed E-state index contributed by atoms with van der Waals surface area (Å²) in [5.41, 5.74) is 4.07. The van der Waals surface area contributed by atoms with Crippen LogP contribution in [0.25, 0.3) is 16.6 Å². The Bertz CT molecular complexity index is 1160. The lowest BCUT2D eigenvalue weighted by Gasteiger charge is -2.38. The van der Waals surface area contributed by atoms with E-state index in [-0.39, 0.29) is 30.5 Å². The zero-order valence-electron chi connectivity index (χ0n) is 18.4. The molecule has 0 radical (unpaired) electrons. The molecule has 1 atom stereocenters. The van der Waals surface area contributed by atoms with E-state index in [1.165, 1.54) is 17.0 Å². The Morgan fingerprint density at radius 2 is 1.73 bits per heavy atom. The van der Waals surface area contributed by atoms with Crippen molar-refractivity contribution >= 4 is 11.5 Å². The molecule has 1 saturated heterocycles. The average Bonchev–Trinajstić information content (AvgIpc) is 3.08. The third kappa shape index (κ3) is 4.89. The Hall–Kier alpha value is -2.91. The monoisotopic (exact) mass is 463 g/mol. The second kappa shape index (κ2) is 8.79. The summed E-state index contributed by atoms with van der Waals surface area (Å²) in [5, 5.41) is 9.72. The highest BCUT2D eigenvalue weighted by Gasteiger charge is 2.33. The minimum absolute atomic E-state index is 0.126. The van der Waals surface area contributed by atoms with E-state index in [0.29, 0.717) is 18.6 Å². The van der Waals surface area contributed by atoms with Crippen molar-refractivity contribution in [2.75, 3.05) is 32.7 Å². The van der Waals surface area contributed by atoms with Gasteiger partial charge >= 0.3 is 12.1 Å². The van der Waals surface area contributed by atoms with Crippen molar-refractivity contribution in [1.29, 1.82) is 0 Å². The summed E-state index contributed by atoms with van der Waals surface area (Å²) in [7, 11) is 0. The van der Waals surface area contributed by atoms with Crippen LogP contribution in [0, 0.1) is 12.7 Å². The van der Waals surface area contributed by atoms with E-state index in [1.807, 2.05) is 24.4 Å². The van der Waals surface area contributed by atoms with Crippen molar-refractivity contribution in [1.82, 2.24) is 14.2 Å². The normalized spacial score (nSPS) is 16.9. The zero-order chi connectivity index (χ0) is 23.9. The van der Waals surface area contributed by atoms with Crippen molar-refractivity contribution in [3.05, 3.63) is 65.2 Å². The molecular weight excluding hydrogens is 438 g/mol. The Kier molecular flexibility index (Phi) is 6.20. The standard InChI is InChI=1S/C24H25F4N3O2/c1-15-13-31-20(16(2)30-9-7-29(8-10-30)14-24(26,27)28)11-18(23(32)33)12-21(31)22(15)17-3-5-19(25)6-4-17/h3-6,11-13,16H,7-10,14H2,1-2H3,(H,32,33). The number of carboxylic acids is 1. The molecule has 176 valence electrons. The third-order valence-electron chi connectivity index (χ3n) is 6.27. The summed E-state index contributed by atoms with van der Waals surface area (Å²) in [6.07, 6.45) is -2.30. The topological polar surface area (TPSA) is 48.2 Å². The summed E-state index contributed by atoms with van der Waals surface area (Å²) < 4.78 is 53.6. The van der Waals surface area contributed by atoms with Crippen molar-refractivity contribution in [3.8, 4) is 11.1 Å². The van der Waals surface area contributed by atoms with Crippen LogP contribution in [0.15, 0.2) is 42.6 Å². The van der Waals surface area contributed by atoms with Crippen LogP contribution in [0.2, 0.25) is 0 Å². The van der Waals surface area contributed by atoms with Gasteiger partial charge in [-0.3, -0.25) is 9.80 Å². The highest BCUT2D eigenvalue weighted by Crippen LogP contribution is 2.34. The fraction of sp³-hybridized carbons (Fsp3) is 0.375. The Morgan fingerprint density at radius 3 is 2.30 bits per heavy atom. The number of rotatable bonds is 5. The Balaban J connectivity index is 1.71. The van der Waals surface area contributed by atoms with E-state index in [9.17, 15) is 27.5 Å². The second-order valence-corrected chi connectivity index (χ2v) is 8.53. The molecule has 33 heavy (non-hydrogen) atoms. The lowest BCUT2D eigenvalue weighted by Crippen LogP contribution is -2.49. The number of benzene rings is 1. The molecule has 3 heterocycles. The van der Waals surface area contributed by atoms with E-state index < -0.39 is 18.7 Å². The first-order valence-electron chi connectivity index (χ1n) is 10.7. The highest BCUT2D eigenvalue weighted by atomic mass is 19.4. The number of pyridine rings is 1. The van der Waals surface area contributed by atoms with Crippen molar-refractivity contribution in [2.24, 2.45) is 0 Å². The molecule has 0 amide bonds. The first-order valence-corrected chi connectivity index (χ1v) is 10.7. The molecule has 1 N–H and O–H groups in total. The molecule has 2 aromatic heterocycles. The number of hydrogen-bond donors (Lipinski definition) is 1. The lowest BCUT2D eigenvalue weighted by molar-refractivity contribution is -0.149. The van der Waals surface area contributed by atoms with Crippen LogP contribution >= 0.6 is 0 Å². The van der Waals surface area contributed by atoms with E-state index in [4.69, 9.17) is 0 Å². The number of piperazine rings is 1. The van der Waals surface area contributed by atoms with Gasteiger partial charge in [-0.15, -0.1) is 0 Å². The van der Waals surface area contributed by atoms with Gasteiger partial charge in [-0.1, -0.05) is 12.1 Å². The van der Waals surface area contributed by atoms with Crippen molar-refractivity contribution in [2.45, 2.75) is 26.1 Å². The number of nitrogens with zero attached hydrogens (tertiary/aromatic N) is 3. The SMILES string of the molecule is Cc1cn2c(C(C)N3CCN(CC(F)(F)F)CC3)cc(C(=O)O)cc2c1-c1ccc(F)cc1. The van der Waals surface area contributed by atoms with Crippen LogP contribution in [-0.4, -0.2) is 64.2 Å². The van der Waals surface area contributed by atoms with Gasteiger partial charge in [0.05, 0.1) is 17.6 Å². The zero-order valence-corrected chi connectivity index (χ0v) is 18.4. The summed E-state index contributed by atoms with van der Waals surface area (Å²) in [5.74, 6) is -1.42. The van der Waals surface area contributed by atoms with Crippen molar-refractivity contribution in [3.63, 3.8) is 0 Å². The number of alkyl halides is 3. The number of aromatic nitrogens is 1. The van der Waals surface area contributed by atoms with Gasteiger partial charge in [-0.2, -0.15) is 13.2 Å².